The maximum absolute atomic E-state index is 12.9. The van der Waals surface area contributed by atoms with E-state index in [0.29, 0.717) is 25.9 Å². The maximum Gasteiger partial charge on any atom is 0.243 e. The Morgan fingerprint density at radius 2 is 1.79 bits per heavy atom. The lowest BCUT2D eigenvalue weighted by atomic mass is 9.92. The minimum absolute atomic E-state index is 0.116. The van der Waals surface area contributed by atoms with Crippen LogP contribution in [0.2, 0.25) is 0 Å². The largest absolute Gasteiger partial charge is 0.355 e. The van der Waals surface area contributed by atoms with E-state index in [1.54, 1.807) is 18.2 Å². The number of nitrogens with zero attached hydrogens (tertiary/aromatic N) is 1. The van der Waals surface area contributed by atoms with Crippen LogP contribution in [-0.4, -0.2) is 50.2 Å². The van der Waals surface area contributed by atoms with Crippen molar-refractivity contribution in [3.05, 3.63) is 30.3 Å². The van der Waals surface area contributed by atoms with Gasteiger partial charge in [0, 0.05) is 13.1 Å². The predicted molar refractivity (Wildman–Crippen MR) is 108 cm³/mol. The lowest BCUT2D eigenvalue weighted by molar-refractivity contribution is -0.129. The van der Waals surface area contributed by atoms with Gasteiger partial charge in [-0.25, -0.2) is 8.42 Å². The van der Waals surface area contributed by atoms with Crippen molar-refractivity contribution in [2.45, 2.75) is 57.4 Å². The van der Waals surface area contributed by atoms with E-state index in [4.69, 9.17) is 0 Å². The second-order valence-electron chi connectivity index (χ2n) is 8.32. The number of sulfonamides is 1. The van der Waals surface area contributed by atoms with Crippen LogP contribution in [0.15, 0.2) is 35.2 Å². The zero-order chi connectivity index (χ0) is 20.8. The highest BCUT2D eigenvalue weighted by atomic mass is 32.2. The SMILES string of the molecule is CC(C)(C)CCNC(=O)CNC(=O)[C@@H]1CCCCN1S(=O)(=O)c1ccccc1. The molecule has 0 aliphatic carbocycles. The fraction of sp³-hybridized carbons (Fsp3) is 0.600. The molecule has 7 nitrogen and oxygen atoms in total. The molecule has 1 aliphatic heterocycles. The molecule has 0 radical (unpaired) electrons. The minimum Gasteiger partial charge on any atom is -0.355 e. The molecule has 0 saturated carbocycles. The number of nitrogens with one attached hydrogen (secondary N) is 2. The molecule has 1 saturated heterocycles. The van der Waals surface area contributed by atoms with Crippen molar-refractivity contribution < 1.29 is 18.0 Å². The first-order valence-electron chi connectivity index (χ1n) is 9.72. The normalized spacial score (nSPS) is 18.5. The molecule has 8 heteroatoms. The number of rotatable bonds is 7. The lowest BCUT2D eigenvalue weighted by Crippen LogP contribution is -2.53. The summed E-state index contributed by atoms with van der Waals surface area (Å²) < 4.78 is 27.1. The fourth-order valence-corrected chi connectivity index (χ4v) is 4.78. The Morgan fingerprint density at radius 1 is 1.11 bits per heavy atom. The average Bonchev–Trinajstić information content (AvgIpc) is 2.66. The summed E-state index contributed by atoms with van der Waals surface area (Å²) in [5, 5.41) is 5.38. The topological polar surface area (TPSA) is 95.6 Å². The number of carbonyl (C=O) groups is 2. The molecule has 1 atom stereocenters. The van der Waals surface area contributed by atoms with Gasteiger partial charge in [-0.2, -0.15) is 4.31 Å². The third-order valence-corrected chi connectivity index (χ3v) is 6.65. The number of piperidine rings is 1. The molecule has 2 rings (SSSR count). The summed E-state index contributed by atoms with van der Waals surface area (Å²) in [7, 11) is -3.75. The molecule has 1 aromatic carbocycles. The third-order valence-electron chi connectivity index (χ3n) is 4.73. The first-order chi connectivity index (χ1) is 13.1. The van der Waals surface area contributed by atoms with Crippen LogP contribution in [0.25, 0.3) is 0 Å². The first kappa shape index (κ1) is 22.4. The smallest absolute Gasteiger partial charge is 0.243 e. The molecule has 1 aliphatic rings. The molecule has 2 N–H and O–H groups in total. The quantitative estimate of drug-likeness (QED) is 0.719. The molecule has 1 aromatic rings. The van der Waals surface area contributed by atoms with E-state index in [-0.39, 0.29) is 22.8 Å². The number of carbonyl (C=O) groups excluding carboxylic acids is 2. The molecular weight excluding hydrogens is 378 g/mol. The van der Waals surface area contributed by atoms with Crippen LogP contribution in [0.1, 0.15) is 46.5 Å². The van der Waals surface area contributed by atoms with Crippen LogP contribution < -0.4 is 10.6 Å². The monoisotopic (exact) mass is 409 g/mol. The fourth-order valence-electron chi connectivity index (χ4n) is 3.11. The molecule has 0 spiro atoms. The van der Waals surface area contributed by atoms with E-state index in [2.05, 4.69) is 31.4 Å². The van der Waals surface area contributed by atoms with Gasteiger partial charge in [0.15, 0.2) is 0 Å². The summed E-state index contributed by atoms with van der Waals surface area (Å²) in [5.74, 6) is -0.698. The van der Waals surface area contributed by atoms with Crippen LogP contribution in [0, 0.1) is 5.41 Å². The Bertz CT molecular complexity index is 772. The van der Waals surface area contributed by atoms with Crippen LogP contribution >= 0.6 is 0 Å². The van der Waals surface area contributed by atoms with Gasteiger partial charge in [0.05, 0.1) is 11.4 Å². The van der Waals surface area contributed by atoms with Crippen molar-refractivity contribution in [2.75, 3.05) is 19.6 Å². The van der Waals surface area contributed by atoms with Crippen molar-refractivity contribution in [1.29, 1.82) is 0 Å². The van der Waals surface area contributed by atoms with Crippen molar-refractivity contribution in [1.82, 2.24) is 14.9 Å². The van der Waals surface area contributed by atoms with Gasteiger partial charge >= 0.3 is 0 Å². The summed E-state index contributed by atoms with van der Waals surface area (Å²) in [5.41, 5.74) is 0.116. The van der Waals surface area contributed by atoms with Crippen LogP contribution in [0.5, 0.6) is 0 Å². The molecule has 1 fully saturated rings. The van der Waals surface area contributed by atoms with E-state index < -0.39 is 22.0 Å². The summed E-state index contributed by atoms with van der Waals surface area (Å²) in [6.07, 6.45) is 2.77. The van der Waals surface area contributed by atoms with Gasteiger partial charge in [-0.1, -0.05) is 45.4 Å². The van der Waals surface area contributed by atoms with Gasteiger partial charge in [-0.15, -0.1) is 0 Å². The van der Waals surface area contributed by atoms with Gasteiger partial charge in [0.2, 0.25) is 21.8 Å². The van der Waals surface area contributed by atoms with Gasteiger partial charge in [0.1, 0.15) is 6.04 Å². The Kier molecular flexibility index (Phi) is 7.60. The van der Waals surface area contributed by atoms with Crippen molar-refractivity contribution in [2.24, 2.45) is 5.41 Å². The molecular formula is C20H31N3O4S. The van der Waals surface area contributed by atoms with Crippen LogP contribution in [0.3, 0.4) is 0 Å². The maximum atomic E-state index is 12.9. The highest BCUT2D eigenvalue weighted by Gasteiger charge is 2.37. The van der Waals surface area contributed by atoms with Gasteiger partial charge in [0.25, 0.3) is 0 Å². The van der Waals surface area contributed by atoms with Crippen molar-refractivity contribution >= 4 is 21.8 Å². The van der Waals surface area contributed by atoms with Crippen molar-refractivity contribution in [3.8, 4) is 0 Å². The Labute approximate surface area is 167 Å². The van der Waals surface area contributed by atoms with E-state index >= 15 is 0 Å². The highest BCUT2D eigenvalue weighted by molar-refractivity contribution is 7.89. The first-order valence-corrected chi connectivity index (χ1v) is 11.2. The Hall–Kier alpha value is -1.93. The number of benzene rings is 1. The summed E-state index contributed by atoms with van der Waals surface area (Å²) in [4.78, 5) is 24.8. The Morgan fingerprint density at radius 3 is 2.43 bits per heavy atom. The number of amides is 2. The van der Waals surface area contributed by atoms with E-state index in [0.717, 1.165) is 12.8 Å². The second kappa shape index (κ2) is 9.52. The molecule has 0 aromatic heterocycles. The average molecular weight is 410 g/mol. The minimum atomic E-state index is -3.75. The zero-order valence-corrected chi connectivity index (χ0v) is 17.7. The second-order valence-corrected chi connectivity index (χ2v) is 10.2. The van der Waals surface area contributed by atoms with Crippen LogP contribution in [-0.2, 0) is 19.6 Å². The summed E-state index contributed by atoms with van der Waals surface area (Å²) >= 11 is 0. The third kappa shape index (κ3) is 6.31. The molecule has 156 valence electrons. The van der Waals surface area contributed by atoms with Gasteiger partial charge in [-0.05, 0) is 36.8 Å². The summed E-state index contributed by atoms with van der Waals surface area (Å²) in [6, 6.07) is 7.34. The van der Waals surface area contributed by atoms with E-state index in [1.807, 2.05) is 0 Å². The molecule has 28 heavy (non-hydrogen) atoms. The molecule has 1 heterocycles. The standard InChI is InChI=1S/C20H31N3O4S/c1-20(2,3)12-13-21-18(24)15-22-19(25)17-11-7-8-14-23(17)28(26,27)16-9-5-4-6-10-16/h4-6,9-10,17H,7-8,11-15H2,1-3H3,(H,21,24)(H,22,25)/t17-/m0/s1. The molecule has 2 amide bonds. The zero-order valence-electron chi connectivity index (χ0n) is 16.9. The summed E-state index contributed by atoms with van der Waals surface area (Å²) in [6.45, 7) is 6.95. The number of hydrogen-bond acceptors (Lipinski definition) is 4. The Balaban J connectivity index is 1.96. The van der Waals surface area contributed by atoms with E-state index in [1.165, 1.54) is 16.4 Å². The molecule has 0 bridgehead atoms. The predicted octanol–water partition coefficient (Wildman–Crippen LogP) is 1.90. The van der Waals surface area contributed by atoms with Crippen LogP contribution in [0.4, 0.5) is 0 Å². The highest BCUT2D eigenvalue weighted by Crippen LogP contribution is 2.25. The lowest BCUT2D eigenvalue weighted by Gasteiger charge is -2.33. The van der Waals surface area contributed by atoms with Gasteiger partial charge < -0.3 is 10.6 Å². The van der Waals surface area contributed by atoms with Gasteiger partial charge in [-0.3, -0.25) is 9.59 Å². The van der Waals surface area contributed by atoms with Crippen molar-refractivity contribution in [3.63, 3.8) is 0 Å². The molecule has 0 unspecified atom stereocenters. The van der Waals surface area contributed by atoms with E-state index in [9.17, 15) is 18.0 Å². The number of hydrogen-bond donors (Lipinski definition) is 2.